The maximum Gasteiger partial charge on any atom is 0.253 e. The van der Waals surface area contributed by atoms with Crippen molar-refractivity contribution in [2.45, 2.75) is 19.9 Å². The SMILES string of the molecule is CCSCC(C)NC(=O)c1cc(Br)sc1Br. The second kappa shape index (κ2) is 7.03. The zero-order valence-corrected chi connectivity index (χ0v) is 13.9. The summed E-state index contributed by atoms with van der Waals surface area (Å²) in [5.41, 5.74) is 0.699. The second-order valence-electron chi connectivity index (χ2n) is 3.27. The van der Waals surface area contributed by atoms with Crippen molar-refractivity contribution >= 4 is 60.9 Å². The third kappa shape index (κ3) is 4.39. The van der Waals surface area contributed by atoms with Gasteiger partial charge in [-0.25, -0.2) is 0 Å². The lowest BCUT2D eigenvalue weighted by Gasteiger charge is -2.12. The molecule has 0 saturated carbocycles. The summed E-state index contributed by atoms with van der Waals surface area (Å²) in [5.74, 6) is 2.01. The number of rotatable bonds is 5. The number of hydrogen-bond acceptors (Lipinski definition) is 3. The molecule has 0 radical (unpaired) electrons. The van der Waals surface area contributed by atoms with Crippen molar-refractivity contribution in [1.29, 1.82) is 0 Å². The predicted octanol–water partition coefficient (Wildman–Crippen LogP) is 4.14. The van der Waals surface area contributed by atoms with Crippen LogP contribution in [-0.4, -0.2) is 23.5 Å². The van der Waals surface area contributed by atoms with Crippen molar-refractivity contribution in [2.24, 2.45) is 0 Å². The van der Waals surface area contributed by atoms with Crippen molar-refractivity contribution in [1.82, 2.24) is 5.32 Å². The molecule has 1 aromatic heterocycles. The lowest BCUT2D eigenvalue weighted by Crippen LogP contribution is -2.34. The molecule has 1 atom stereocenters. The lowest BCUT2D eigenvalue weighted by atomic mass is 10.3. The molecule has 0 spiro atoms. The number of carbonyl (C=O) groups is 1. The Morgan fingerprint density at radius 3 is 2.81 bits per heavy atom. The number of thioether (sulfide) groups is 1. The highest BCUT2D eigenvalue weighted by Gasteiger charge is 2.15. The average molecular weight is 387 g/mol. The van der Waals surface area contributed by atoms with Gasteiger partial charge in [0.1, 0.15) is 0 Å². The van der Waals surface area contributed by atoms with E-state index in [4.69, 9.17) is 0 Å². The van der Waals surface area contributed by atoms with Crippen LogP contribution < -0.4 is 5.32 Å². The Morgan fingerprint density at radius 2 is 2.31 bits per heavy atom. The maximum atomic E-state index is 11.9. The number of thiophene rings is 1. The summed E-state index contributed by atoms with van der Waals surface area (Å²) in [4.78, 5) is 11.9. The molecule has 0 fully saturated rings. The first-order chi connectivity index (χ1) is 7.54. The number of nitrogens with one attached hydrogen (secondary N) is 1. The van der Waals surface area contributed by atoms with Gasteiger partial charge in [-0.1, -0.05) is 6.92 Å². The van der Waals surface area contributed by atoms with Crippen LogP contribution in [0.3, 0.4) is 0 Å². The molecule has 0 aliphatic rings. The standard InChI is InChI=1S/C10H13Br2NOS2/c1-3-15-5-6(2)13-10(14)7-4-8(11)16-9(7)12/h4,6H,3,5H2,1-2H3,(H,13,14). The van der Waals surface area contributed by atoms with Crippen LogP contribution in [-0.2, 0) is 0 Å². The van der Waals surface area contributed by atoms with Crippen LogP contribution in [0.15, 0.2) is 13.6 Å². The predicted molar refractivity (Wildman–Crippen MR) is 79.6 cm³/mol. The van der Waals surface area contributed by atoms with Gasteiger partial charge in [-0.2, -0.15) is 11.8 Å². The molecule has 1 aromatic rings. The minimum atomic E-state index is -0.0157. The minimum absolute atomic E-state index is 0.0157. The maximum absolute atomic E-state index is 11.9. The van der Waals surface area contributed by atoms with Gasteiger partial charge in [0.25, 0.3) is 5.91 Å². The van der Waals surface area contributed by atoms with E-state index in [-0.39, 0.29) is 11.9 Å². The van der Waals surface area contributed by atoms with E-state index < -0.39 is 0 Å². The number of carbonyl (C=O) groups excluding carboxylic acids is 1. The van der Waals surface area contributed by atoms with E-state index in [0.29, 0.717) is 5.56 Å². The van der Waals surface area contributed by atoms with E-state index in [1.165, 1.54) is 11.3 Å². The van der Waals surface area contributed by atoms with Crippen LogP contribution in [0, 0.1) is 0 Å². The van der Waals surface area contributed by atoms with E-state index in [9.17, 15) is 4.79 Å². The van der Waals surface area contributed by atoms with Crippen molar-refractivity contribution in [3.05, 3.63) is 19.2 Å². The van der Waals surface area contributed by atoms with Gasteiger partial charge < -0.3 is 5.32 Å². The first-order valence-corrected chi connectivity index (χ1v) is 8.43. The van der Waals surface area contributed by atoms with Gasteiger partial charge in [-0.3, -0.25) is 4.79 Å². The Hall–Kier alpha value is 0.480. The fourth-order valence-corrected chi connectivity index (χ4v) is 4.60. The highest BCUT2D eigenvalue weighted by atomic mass is 79.9. The normalized spacial score (nSPS) is 12.5. The van der Waals surface area contributed by atoms with Crippen molar-refractivity contribution in [3.63, 3.8) is 0 Å². The highest BCUT2D eigenvalue weighted by Crippen LogP contribution is 2.31. The molecule has 16 heavy (non-hydrogen) atoms. The highest BCUT2D eigenvalue weighted by molar-refractivity contribution is 9.12. The minimum Gasteiger partial charge on any atom is -0.349 e. The summed E-state index contributed by atoms with van der Waals surface area (Å²) >= 11 is 10.1. The van der Waals surface area contributed by atoms with Crippen LogP contribution in [0.25, 0.3) is 0 Å². The van der Waals surface area contributed by atoms with Crippen molar-refractivity contribution in [3.8, 4) is 0 Å². The molecule has 1 unspecified atom stereocenters. The summed E-state index contributed by atoms with van der Waals surface area (Å²) in [6, 6.07) is 2.03. The lowest BCUT2D eigenvalue weighted by molar-refractivity contribution is 0.0943. The monoisotopic (exact) mass is 385 g/mol. The third-order valence-corrected chi connectivity index (χ3v) is 5.33. The van der Waals surface area contributed by atoms with Gasteiger partial charge in [0.15, 0.2) is 0 Å². The molecule has 0 saturated heterocycles. The summed E-state index contributed by atoms with van der Waals surface area (Å²) < 4.78 is 1.83. The van der Waals surface area contributed by atoms with Crippen LogP contribution in [0.4, 0.5) is 0 Å². The van der Waals surface area contributed by atoms with E-state index in [1.807, 2.05) is 24.8 Å². The fraction of sp³-hybridized carbons (Fsp3) is 0.500. The van der Waals surface area contributed by atoms with Gasteiger partial charge in [-0.05, 0) is 50.6 Å². The van der Waals surface area contributed by atoms with Crippen LogP contribution >= 0.6 is 55.0 Å². The largest absolute Gasteiger partial charge is 0.349 e. The number of amides is 1. The number of halogens is 2. The summed E-state index contributed by atoms with van der Waals surface area (Å²) in [7, 11) is 0. The molecule has 1 heterocycles. The van der Waals surface area contributed by atoms with Crippen molar-refractivity contribution in [2.75, 3.05) is 11.5 Å². The van der Waals surface area contributed by atoms with Crippen LogP contribution in [0.1, 0.15) is 24.2 Å². The average Bonchev–Trinajstić information content (AvgIpc) is 2.54. The zero-order valence-electron chi connectivity index (χ0n) is 9.05. The van der Waals surface area contributed by atoms with E-state index in [1.54, 1.807) is 0 Å². The number of hydrogen-bond donors (Lipinski definition) is 1. The summed E-state index contributed by atoms with van der Waals surface area (Å²) in [5, 5.41) is 2.98. The molecule has 0 aliphatic heterocycles. The van der Waals surface area contributed by atoms with Gasteiger partial charge in [0.2, 0.25) is 0 Å². The van der Waals surface area contributed by atoms with Crippen molar-refractivity contribution < 1.29 is 4.79 Å². The van der Waals surface area contributed by atoms with Gasteiger partial charge >= 0.3 is 0 Å². The van der Waals surface area contributed by atoms with Crippen LogP contribution in [0.5, 0.6) is 0 Å². The molecular formula is C10H13Br2NOS2. The Morgan fingerprint density at radius 1 is 1.62 bits per heavy atom. The van der Waals surface area contributed by atoms with E-state index >= 15 is 0 Å². The van der Waals surface area contributed by atoms with E-state index in [0.717, 1.165) is 19.1 Å². The molecule has 1 amide bonds. The molecule has 6 heteroatoms. The smallest absolute Gasteiger partial charge is 0.253 e. The quantitative estimate of drug-likeness (QED) is 0.823. The molecule has 2 nitrogen and oxygen atoms in total. The molecule has 1 rings (SSSR count). The first-order valence-electron chi connectivity index (χ1n) is 4.88. The van der Waals surface area contributed by atoms with Gasteiger partial charge in [0, 0.05) is 11.8 Å². The summed E-state index contributed by atoms with van der Waals surface area (Å²) in [6.07, 6.45) is 0. The molecule has 1 N–H and O–H groups in total. The first kappa shape index (κ1) is 14.5. The Kier molecular flexibility index (Phi) is 6.39. The topological polar surface area (TPSA) is 29.1 Å². The molecular weight excluding hydrogens is 374 g/mol. The Labute approximate surface area is 121 Å². The second-order valence-corrected chi connectivity index (χ2v) is 8.34. The third-order valence-electron chi connectivity index (χ3n) is 1.85. The molecule has 0 bridgehead atoms. The van der Waals surface area contributed by atoms with Crippen LogP contribution in [0.2, 0.25) is 0 Å². The Bertz CT molecular complexity index is 368. The van der Waals surface area contributed by atoms with Gasteiger partial charge in [-0.15, -0.1) is 11.3 Å². The zero-order chi connectivity index (χ0) is 12.1. The van der Waals surface area contributed by atoms with E-state index in [2.05, 4.69) is 44.1 Å². The molecule has 90 valence electrons. The molecule has 0 aromatic carbocycles. The van der Waals surface area contributed by atoms with Gasteiger partial charge in [0.05, 0.1) is 13.1 Å². The summed E-state index contributed by atoms with van der Waals surface area (Å²) in [6.45, 7) is 4.14. The molecule has 0 aliphatic carbocycles. The fourth-order valence-electron chi connectivity index (χ4n) is 1.13. The Balaban J connectivity index is 2.55.